The van der Waals surface area contributed by atoms with E-state index in [1.165, 1.54) is 0 Å². The van der Waals surface area contributed by atoms with E-state index in [2.05, 4.69) is 15.3 Å². The number of anilines is 1. The smallest absolute Gasteiger partial charge is 0.451 e. The number of nitrogens with one attached hydrogen (secondary N) is 1. The molecular formula is C20H19ClF3N3O2. The third kappa shape index (κ3) is 4.03. The van der Waals surface area contributed by atoms with Gasteiger partial charge in [-0.05, 0) is 55.4 Å². The minimum absolute atomic E-state index is 0.00992. The van der Waals surface area contributed by atoms with Crippen molar-refractivity contribution in [3.05, 3.63) is 47.0 Å². The molecule has 1 aromatic carbocycles. The number of nitrogens with zero attached hydrogens (tertiary/aromatic N) is 2. The van der Waals surface area contributed by atoms with Crippen LogP contribution in [0.2, 0.25) is 5.02 Å². The van der Waals surface area contributed by atoms with Gasteiger partial charge in [0.15, 0.2) is 5.78 Å². The lowest BCUT2D eigenvalue weighted by molar-refractivity contribution is -0.147. The number of ether oxygens (including phenoxy) is 1. The molecule has 0 spiro atoms. The predicted octanol–water partition coefficient (Wildman–Crippen LogP) is 4.83. The molecule has 1 N–H and O–H groups in total. The Morgan fingerprint density at radius 1 is 1.24 bits per heavy atom. The van der Waals surface area contributed by atoms with Crippen molar-refractivity contribution in [2.75, 3.05) is 11.9 Å². The van der Waals surface area contributed by atoms with Gasteiger partial charge in [0.25, 0.3) is 0 Å². The molecule has 0 saturated heterocycles. The number of rotatable bonds is 7. The van der Waals surface area contributed by atoms with E-state index < -0.39 is 12.0 Å². The fraction of sp³-hybridized carbons (Fsp3) is 0.450. The monoisotopic (exact) mass is 425 g/mol. The summed E-state index contributed by atoms with van der Waals surface area (Å²) in [5.74, 6) is -0.513. The van der Waals surface area contributed by atoms with Gasteiger partial charge >= 0.3 is 6.18 Å². The highest BCUT2D eigenvalue weighted by molar-refractivity contribution is 6.31. The summed E-state index contributed by atoms with van der Waals surface area (Å²) in [6.07, 6.45) is 0.580. The number of aromatic nitrogens is 2. The van der Waals surface area contributed by atoms with Crippen LogP contribution in [-0.2, 0) is 11.0 Å². The molecule has 3 aliphatic carbocycles. The summed E-state index contributed by atoms with van der Waals surface area (Å²) >= 11 is 5.97. The van der Waals surface area contributed by atoms with Crippen LogP contribution in [0.4, 0.5) is 18.9 Å². The second-order valence-electron chi connectivity index (χ2n) is 8.14. The van der Waals surface area contributed by atoms with Crippen molar-refractivity contribution in [1.82, 2.24) is 9.97 Å². The van der Waals surface area contributed by atoms with Crippen molar-refractivity contribution in [2.24, 2.45) is 5.41 Å². The normalized spacial score (nSPS) is 25.0. The molecule has 0 aliphatic heterocycles. The molecule has 0 amide bonds. The Hall–Kier alpha value is -2.35. The number of carbonyl (C=O) groups is 1. The van der Waals surface area contributed by atoms with Crippen LogP contribution < -0.4 is 10.1 Å². The number of Topliss-reactive ketones (excluding diaryl/α,β-unsaturated/α-hetero) is 1. The van der Waals surface area contributed by atoms with Crippen LogP contribution in [-0.4, -0.2) is 27.9 Å². The van der Waals surface area contributed by atoms with Crippen molar-refractivity contribution in [2.45, 2.75) is 44.3 Å². The molecule has 3 saturated carbocycles. The van der Waals surface area contributed by atoms with Crippen LogP contribution in [0.15, 0.2) is 30.6 Å². The van der Waals surface area contributed by atoms with E-state index >= 15 is 0 Å². The lowest BCUT2D eigenvalue weighted by Crippen LogP contribution is -2.71. The number of alkyl halides is 3. The number of halogens is 4. The van der Waals surface area contributed by atoms with Gasteiger partial charge in [0, 0.05) is 17.0 Å². The van der Waals surface area contributed by atoms with Crippen molar-refractivity contribution >= 4 is 23.1 Å². The van der Waals surface area contributed by atoms with Gasteiger partial charge in [0.05, 0.1) is 18.1 Å². The first-order chi connectivity index (χ1) is 13.6. The van der Waals surface area contributed by atoms with E-state index in [0.29, 0.717) is 22.9 Å². The standard InChI is InChI=1S/C20H19ClF3N3O2/c1-12-4-15(2-3-16(12)21)29-8-14(28)5-18-9-19(10-18,11-18)27-13-6-25-17(26-7-13)20(22,23)24/h2-4,6-7,27H,5,8-11H2,1H3. The molecule has 2 aromatic rings. The van der Waals surface area contributed by atoms with Gasteiger partial charge in [-0.1, -0.05) is 11.6 Å². The minimum Gasteiger partial charge on any atom is -0.486 e. The number of hydrogen-bond donors (Lipinski definition) is 1. The SMILES string of the molecule is Cc1cc(OCC(=O)CC23CC(Nc4cnc(C(F)(F)F)nc4)(C2)C3)ccc1Cl. The Morgan fingerprint density at radius 3 is 2.48 bits per heavy atom. The lowest BCUT2D eigenvalue weighted by atomic mass is 9.38. The average molecular weight is 426 g/mol. The Kier molecular flexibility index (Phi) is 4.72. The number of carbonyl (C=O) groups excluding carboxylic acids is 1. The molecule has 0 radical (unpaired) electrons. The number of ketones is 1. The van der Waals surface area contributed by atoms with Crippen LogP contribution in [0.3, 0.4) is 0 Å². The Bertz CT molecular complexity index is 927. The van der Waals surface area contributed by atoms with E-state index in [9.17, 15) is 18.0 Å². The van der Waals surface area contributed by atoms with Crippen molar-refractivity contribution in [3.63, 3.8) is 0 Å². The fourth-order valence-electron chi connectivity index (χ4n) is 4.50. The van der Waals surface area contributed by atoms with Crippen LogP contribution in [0.25, 0.3) is 0 Å². The molecule has 2 bridgehead atoms. The van der Waals surface area contributed by atoms with Crippen molar-refractivity contribution < 1.29 is 22.7 Å². The van der Waals surface area contributed by atoms with E-state index in [1.807, 2.05) is 6.92 Å². The topological polar surface area (TPSA) is 64.1 Å². The maximum Gasteiger partial charge on any atom is 0.451 e. The highest BCUT2D eigenvalue weighted by atomic mass is 35.5. The van der Waals surface area contributed by atoms with Crippen LogP contribution in [0.5, 0.6) is 5.75 Å². The summed E-state index contributed by atoms with van der Waals surface area (Å²) in [5, 5.41) is 3.87. The summed E-state index contributed by atoms with van der Waals surface area (Å²) in [6.45, 7) is 1.88. The van der Waals surface area contributed by atoms with Gasteiger partial charge in [-0.15, -0.1) is 0 Å². The molecule has 5 rings (SSSR count). The highest BCUT2D eigenvalue weighted by Crippen LogP contribution is 2.70. The first-order valence-corrected chi connectivity index (χ1v) is 9.54. The molecule has 1 heterocycles. The average Bonchev–Trinajstić information content (AvgIpc) is 2.59. The molecule has 1 aromatic heterocycles. The van der Waals surface area contributed by atoms with Crippen LogP contribution in [0.1, 0.15) is 37.1 Å². The van der Waals surface area contributed by atoms with E-state index in [1.54, 1.807) is 18.2 Å². The highest BCUT2D eigenvalue weighted by Gasteiger charge is 2.68. The van der Waals surface area contributed by atoms with Crippen LogP contribution in [0, 0.1) is 12.3 Å². The largest absolute Gasteiger partial charge is 0.486 e. The summed E-state index contributed by atoms with van der Waals surface area (Å²) in [7, 11) is 0. The molecule has 0 unspecified atom stereocenters. The summed E-state index contributed by atoms with van der Waals surface area (Å²) < 4.78 is 43.2. The molecule has 29 heavy (non-hydrogen) atoms. The number of benzene rings is 1. The third-order valence-electron chi connectivity index (χ3n) is 5.56. The Labute approximate surface area is 170 Å². The maximum absolute atomic E-state index is 12.5. The van der Waals surface area contributed by atoms with E-state index in [4.69, 9.17) is 16.3 Å². The van der Waals surface area contributed by atoms with E-state index in [0.717, 1.165) is 37.2 Å². The molecular weight excluding hydrogens is 407 g/mol. The molecule has 5 nitrogen and oxygen atoms in total. The molecule has 3 fully saturated rings. The summed E-state index contributed by atoms with van der Waals surface area (Å²) in [5.41, 5.74) is 1.14. The maximum atomic E-state index is 12.5. The molecule has 0 atom stereocenters. The van der Waals surface area contributed by atoms with Crippen LogP contribution >= 0.6 is 11.6 Å². The molecule has 154 valence electrons. The Balaban J connectivity index is 1.24. The minimum atomic E-state index is -4.55. The second-order valence-corrected chi connectivity index (χ2v) is 8.55. The molecule has 9 heteroatoms. The zero-order valence-corrected chi connectivity index (χ0v) is 16.4. The third-order valence-corrected chi connectivity index (χ3v) is 5.98. The predicted molar refractivity (Wildman–Crippen MR) is 101 cm³/mol. The number of hydrogen-bond acceptors (Lipinski definition) is 5. The van der Waals surface area contributed by atoms with Gasteiger partial charge in [0.2, 0.25) is 5.82 Å². The van der Waals surface area contributed by atoms with Crippen molar-refractivity contribution in [1.29, 1.82) is 0 Å². The van der Waals surface area contributed by atoms with Crippen molar-refractivity contribution in [3.8, 4) is 5.75 Å². The van der Waals surface area contributed by atoms with Gasteiger partial charge < -0.3 is 10.1 Å². The van der Waals surface area contributed by atoms with Gasteiger partial charge in [-0.25, -0.2) is 9.97 Å². The zero-order chi connectivity index (χ0) is 20.9. The first kappa shape index (κ1) is 19.9. The van der Waals surface area contributed by atoms with Gasteiger partial charge in [0.1, 0.15) is 12.4 Å². The lowest BCUT2D eigenvalue weighted by Gasteiger charge is -2.71. The molecule has 3 aliphatic rings. The number of aryl methyl sites for hydroxylation is 1. The summed E-state index contributed by atoms with van der Waals surface area (Å²) in [6, 6.07) is 5.26. The van der Waals surface area contributed by atoms with E-state index in [-0.39, 0.29) is 23.3 Å². The second kappa shape index (κ2) is 6.86. The zero-order valence-electron chi connectivity index (χ0n) is 15.6. The quantitative estimate of drug-likeness (QED) is 0.688. The van der Waals surface area contributed by atoms with Gasteiger partial charge in [-0.3, -0.25) is 4.79 Å². The van der Waals surface area contributed by atoms with Gasteiger partial charge in [-0.2, -0.15) is 13.2 Å². The Morgan fingerprint density at radius 2 is 1.90 bits per heavy atom. The summed E-state index contributed by atoms with van der Waals surface area (Å²) in [4.78, 5) is 19.0. The fourth-order valence-corrected chi connectivity index (χ4v) is 4.62. The first-order valence-electron chi connectivity index (χ1n) is 9.16.